The van der Waals surface area contributed by atoms with Crippen molar-refractivity contribution in [3.8, 4) is 0 Å². The number of nitrogens with one attached hydrogen (secondary N) is 2. The Morgan fingerprint density at radius 3 is 2.86 bits per heavy atom. The fourth-order valence-corrected chi connectivity index (χ4v) is 1.93. The van der Waals surface area contributed by atoms with Crippen LogP contribution in [0.25, 0.3) is 0 Å². The molecule has 3 atom stereocenters. The van der Waals surface area contributed by atoms with Crippen LogP contribution in [0, 0.1) is 0 Å². The lowest BCUT2D eigenvalue weighted by Gasteiger charge is -2.29. The van der Waals surface area contributed by atoms with Crippen LogP contribution >= 0.6 is 0 Å². The average molecular weight is 198 g/mol. The molecule has 0 spiro atoms. The number of carbonyl (C=O) groups is 1. The van der Waals surface area contributed by atoms with Crippen molar-refractivity contribution < 1.29 is 9.53 Å². The molecule has 0 bridgehead atoms. The Morgan fingerprint density at radius 2 is 2.36 bits per heavy atom. The summed E-state index contributed by atoms with van der Waals surface area (Å²) in [7, 11) is 0. The van der Waals surface area contributed by atoms with Crippen molar-refractivity contribution in [1.29, 1.82) is 0 Å². The number of amides is 1. The van der Waals surface area contributed by atoms with E-state index in [0.29, 0.717) is 0 Å². The van der Waals surface area contributed by atoms with Crippen LogP contribution in [0.2, 0.25) is 0 Å². The maximum absolute atomic E-state index is 11.6. The lowest BCUT2D eigenvalue weighted by molar-refractivity contribution is -0.126. The van der Waals surface area contributed by atoms with Crippen LogP contribution in [0.1, 0.15) is 26.2 Å². The molecule has 0 saturated carbocycles. The van der Waals surface area contributed by atoms with Crippen molar-refractivity contribution in [2.75, 3.05) is 13.2 Å². The Kier molecular flexibility index (Phi) is 3.03. The van der Waals surface area contributed by atoms with E-state index in [1.165, 1.54) is 0 Å². The highest BCUT2D eigenvalue weighted by atomic mass is 16.5. The Hall–Kier alpha value is -0.610. The van der Waals surface area contributed by atoms with Gasteiger partial charge in [0, 0.05) is 6.61 Å². The predicted octanol–water partition coefficient (Wildman–Crippen LogP) is 0.0320. The van der Waals surface area contributed by atoms with Gasteiger partial charge in [0.1, 0.15) is 0 Å². The van der Waals surface area contributed by atoms with E-state index in [-0.39, 0.29) is 24.1 Å². The standard InChI is InChI=1S/C10H18N2O2/c1-7(9-3-2-6-14-9)12-10(13)8-4-5-11-8/h7-9,11H,2-6H2,1H3,(H,12,13). The van der Waals surface area contributed by atoms with E-state index in [2.05, 4.69) is 10.6 Å². The molecule has 2 saturated heterocycles. The van der Waals surface area contributed by atoms with E-state index in [4.69, 9.17) is 4.74 Å². The van der Waals surface area contributed by atoms with Gasteiger partial charge in [-0.15, -0.1) is 0 Å². The quantitative estimate of drug-likeness (QED) is 0.673. The van der Waals surface area contributed by atoms with Gasteiger partial charge in [-0.05, 0) is 32.7 Å². The molecule has 1 amide bonds. The first-order valence-corrected chi connectivity index (χ1v) is 5.43. The van der Waals surface area contributed by atoms with Gasteiger partial charge in [-0.1, -0.05) is 0 Å². The largest absolute Gasteiger partial charge is 0.376 e. The SMILES string of the molecule is CC(NC(=O)C1CCN1)C1CCCO1. The molecule has 4 heteroatoms. The number of hydrogen-bond acceptors (Lipinski definition) is 3. The summed E-state index contributed by atoms with van der Waals surface area (Å²) < 4.78 is 5.51. The molecule has 0 aromatic carbocycles. The van der Waals surface area contributed by atoms with Gasteiger partial charge >= 0.3 is 0 Å². The van der Waals surface area contributed by atoms with Crippen molar-refractivity contribution in [2.24, 2.45) is 0 Å². The third kappa shape index (κ3) is 2.07. The predicted molar refractivity (Wildman–Crippen MR) is 53.0 cm³/mol. The summed E-state index contributed by atoms with van der Waals surface area (Å²) in [5.74, 6) is 0.124. The van der Waals surface area contributed by atoms with Crippen molar-refractivity contribution >= 4 is 5.91 Å². The maximum Gasteiger partial charge on any atom is 0.237 e. The summed E-state index contributed by atoms with van der Waals surface area (Å²) in [5, 5.41) is 6.09. The highest BCUT2D eigenvalue weighted by Crippen LogP contribution is 2.15. The highest BCUT2D eigenvalue weighted by molar-refractivity contribution is 5.82. The second-order valence-corrected chi connectivity index (χ2v) is 4.14. The van der Waals surface area contributed by atoms with Crippen LogP contribution < -0.4 is 10.6 Å². The second kappa shape index (κ2) is 4.28. The average Bonchev–Trinajstić information content (AvgIpc) is 2.51. The minimum absolute atomic E-state index is 0.0406. The Balaban J connectivity index is 1.74. The molecule has 2 N–H and O–H groups in total. The minimum Gasteiger partial charge on any atom is -0.376 e. The molecule has 2 aliphatic rings. The van der Waals surface area contributed by atoms with Gasteiger partial charge in [0.25, 0.3) is 0 Å². The molecule has 0 aliphatic carbocycles. The summed E-state index contributed by atoms with van der Waals surface area (Å²) in [6, 6.07) is 0.186. The molecule has 0 aromatic rings. The van der Waals surface area contributed by atoms with Gasteiger partial charge in [0.05, 0.1) is 18.2 Å². The van der Waals surface area contributed by atoms with Gasteiger partial charge < -0.3 is 15.4 Å². The minimum atomic E-state index is 0.0406. The summed E-state index contributed by atoms with van der Waals surface area (Å²) in [6.07, 6.45) is 3.37. The molecule has 4 nitrogen and oxygen atoms in total. The summed E-state index contributed by atoms with van der Waals surface area (Å²) in [6.45, 7) is 3.82. The summed E-state index contributed by atoms with van der Waals surface area (Å²) in [4.78, 5) is 11.6. The van der Waals surface area contributed by atoms with Crippen LogP contribution in [-0.4, -0.2) is 37.2 Å². The fourth-order valence-electron chi connectivity index (χ4n) is 1.93. The Labute approximate surface area is 84.4 Å². The van der Waals surface area contributed by atoms with Crippen LogP contribution in [0.3, 0.4) is 0 Å². The van der Waals surface area contributed by atoms with Crippen LogP contribution in [0.5, 0.6) is 0 Å². The lowest BCUT2D eigenvalue weighted by atomic mass is 10.0. The maximum atomic E-state index is 11.6. The molecular weight excluding hydrogens is 180 g/mol. The number of rotatable bonds is 3. The van der Waals surface area contributed by atoms with Crippen molar-refractivity contribution in [3.05, 3.63) is 0 Å². The zero-order chi connectivity index (χ0) is 9.97. The number of carbonyl (C=O) groups excluding carboxylic acids is 1. The summed E-state index contributed by atoms with van der Waals surface area (Å²) in [5.41, 5.74) is 0. The zero-order valence-corrected chi connectivity index (χ0v) is 8.58. The van der Waals surface area contributed by atoms with Gasteiger partial charge in [0.15, 0.2) is 0 Å². The van der Waals surface area contributed by atoms with Gasteiger partial charge in [0.2, 0.25) is 5.91 Å². The smallest absolute Gasteiger partial charge is 0.237 e. The lowest BCUT2D eigenvalue weighted by Crippen LogP contribution is -2.56. The van der Waals surface area contributed by atoms with Crippen molar-refractivity contribution in [3.63, 3.8) is 0 Å². The van der Waals surface area contributed by atoms with Crippen LogP contribution in [0.15, 0.2) is 0 Å². The third-order valence-corrected chi connectivity index (χ3v) is 3.03. The second-order valence-electron chi connectivity index (χ2n) is 4.14. The zero-order valence-electron chi connectivity index (χ0n) is 8.58. The molecule has 14 heavy (non-hydrogen) atoms. The molecule has 2 aliphatic heterocycles. The van der Waals surface area contributed by atoms with E-state index in [1.54, 1.807) is 0 Å². The van der Waals surface area contributed by atoms with Crippen molar-refractivity contribution in [1.82, 2.24) is 10.6 Å². The van der Waals surface area contributed by atoms with E-state index in [9.17, 15) is 4.79 Å². The number of ether oxygens (including phenoxy) is 1. The molecular formula is C10H18N2O2. The number of hydrogen-bond donors (Lipinski definition) is 2. The third-order valence-electron chi connectivity index (χ3n) is 3.03. The summed E-state index contributed by atoms with van der Waals surface area (Å²) >= 11 is 0. The van der Waals surface area contributed by atoms with E-state index in [1.807, 2.05) is 6.92 Å². The molecule has 2 rings (SSSR count). The van der Waals surface area contributed by atoms with E-state index in [0.717, 1.165) is 32.4 Å². The Bertz CT molecular complexity index is 210. The molecule has 3 unspecified atom stereocenters. The molecule has 80 valence electrons. The first-order chi connectivity index (χ1) is 6.77. The van der Waals surface area contributed by atoms with Gasteiger partial charge in [-0.25, -0.2) is 0 Å². The van der Waals surface area contributed by atoms with Crippen LogP contribution in [-0.2, 0) is 9.53 Å². The normalized spacial score (nSPS) is 33.5. The van der Waals surface area contributed by atoms with E-state index >= 15 is 0 Å². The molecule has 2 heterocycles. The monoisotopic (exact) mass is 198 g/mol. The van der Waals surface area contributed by atoms with Gasteiger partial charge in [-0.3, -0.25) is 4.79 Å². The van der Waals surface area contributed by atoms with Crippen molar-refractivity contribution in [2.45, 2.75) is 44.4 Å². The molecule has 2 fully saturated rings. The molecule has 0 aromatic heterocycles. The fraction of sp³-hybridized carbons (Fsp3) is 0.900. The Morgan fingerprint density at radius 1 is 1.57 bits per heavy atom. The van der Waals surface area contributed by atoms with Gasteiger partial charge in [-0.2, -0.15) is 0 Å². The topological polar surface area (TPSA) is 50.4 Å². The highest BCUT2D eigenvalue weighted by Gasteiger charge is 2.29. The van der Waals surface area contributed by atoms with Crippen LogP contribution in [0.4, 0.5) is 0 Å². The first kappa shape index (κ1) is 9.93. The molecule has 0 radical (unpaired) electrons. The first-order valence-electron chi connectivity index (χ1n) is 5.43. The van der Waals surface area contributed by atoms with E-state index < -0.39 is 0 Å².